The molecule has 0 aliphatic carbocycles. The van der Waals surface area contributed by atoms with E-state index in [4.69, 9.17) is 14.0 Å². The molecule has 1 saturated heterocycles. The van der Waals surface area contributed by atoms with Gasteiger partial charge >= 0.3 is 18.1 Å². The molecule has 28 heavy (non-hydrogen) atoms. The second-order valence-corrected chi connectivity index (χ2v) is 7.72. The fourth-order valence-corrected chi connectivity index (χ4v) is 2.96. The van der Waals surface area contributed by atoms with E-state index in [1.54, 1.807) is 13.8 Å². The molecule has 1 aliphatic heterocycles. The molecule has 0 amide bonds. The van der Waals surface area contributed by atoms with Crippen LogP contribution in [0, 0.1) is 12.3 Å². The molecule has 0 spiro atoms. The average molecular weight is 407 g/mol. The third-order valence-corrected chi connectivity index (χ3v) is 4.47. The Labute approximate surface area is 160 Å². The highest BCUT2D eigenvalue weighted by Crippen LogP contribution is 2.41. The summed E-state index contributed by atoms with van der Waals surface area (Å²) in [6, 6.07) is 0. The lowest BCUT2D eigenvalue weighted by molar-refractivity contribution is -0.216. The number of alkyl halides is 3. The lowest BCUT2D eigenvalue weighted by Crippen LogP contribution is -2.42. The summed E-state index contributed by atoms with van der Waals surface area (Å²) in [6.07, 6.45) is -7.36. The van der Waals surface area contributed by atoms with Crippen LogP contribution in [0.3, 0.4) is 0 Å². The Bertz CT molecular complexity index is 722. The van der Waals surface area contributed by atoms with Crippen LogP contribution >= 0.6 is 0 Å². The third-order valence-electron chi connectivity index (χ3n) is 4.47. The van der Waals surface area contributed by atoms with E-state index in [1.807, 2.05) is 20.8 Å². The van der Waals surface area contributed by atoms with Gasteiger partial charge in [0.25, 0.3) is 0 Å². The minimum absolute atomic E-state index is 0.0258. The molecule has 1 aromatic heterocycles. The highest BCUT2D eigenvalue weighted by atomic mass is 19.4. The van der Waals surface area contributed by atoms with Crippen LogP contribution in [-0.2, 0) is 19.0 Å². The maximum atomic E-state index is 12.6. The molecule has 2 heterocycles. The van der Waals surface area contributed by atoms with Crippen molar-refractivity contribution in [3.63, 3.8) is 0 Å². The Kier molecular flexibility index (Phi) is 6.42. The predicted octanol–water partition coefficient (Wildman–Crippen LogP) is 3.90. The van der Waals surface area contributed by atoms with E-state index in [2.05, 4.69) is 9.89 Å². The number of halogens is 3. The van der Waals surface area contributed by atoms with Gasteiger partial charge in [0, 0.05) is 18.4 Å². The number of carbonyl (C=O) groups excluding carboxylic acids is 2. The Balaban J connectivity index is 2.28. The number of esters is 2. The maximum Gasteiger partial charge on any atom is 0.490 e. The summed E-state index contributed by atoms with van der Waals surface area (Å²) in [6.45, 7) is 8.97. The molecule has 10 heteroatoms. The molecular formula is C18H24F3NO6. The summed E-state index contributed by atoms with van der Waals surface area (Å²) in [5, 5.41) is 3.70. The Morgan fingerprint density at radius 2 is 1.86 bits per heavy atom. The number of hydrogen-bond acceptors (Lipinski definition) is 7. The number of nitrogens with zero attached hydrogens (tertiary/aromatic N) is 1. The monoisotopic (exact) mass is 407 g/mol. The molecule has 1 aromatic rings. The number of rotatable bonds is 4. The highest BCUT2D eigenvalue weighted by Gasteiger charge is 2.46. The van der Waals surface area contributed by atoms with Crippen LogP contribution in [0.25, 0.3) is 0 Å². The van der Waals surface area contributed by atoms with Crippen LogP contribution < -0.4 is 0 Å². The van der Waals surface area contributed by atoms with Gasteiger partial charge in [0.15, 0.2) is 11.5 Å². The first-order valence-electron chi connectivity index (χ1n) is 8.91. The molecule has 0 N–H and O–H groups in total. The summed E-state index contributed by atoms with van der Waals surface area (Å²) >= 11 is 0. The number of ether oxygens (including phenoxy) is 3. The summed E-state index contributed by atoms with van der Waals surface area (Å²) in [7, 11) is 0. The molecule has 0 bridgehead atoms. The predicted molar refractivity (Wildman–Crippen MR) is 89.4 cm³/mol. The van der Waals surface area contributed by atoms with Crippen molar-refractivity contribution >= 4 is 11.9 Å². The van der Waals surface area contributed by atoms with Crippen molar-refractivity contribution in [3.05, 3.63) is 17.0 Å². The van der Waals surface area contributed by atoms with E-state index in [9.17, 15) is 22.8 Å². The minimum Gasteiger partial charge on any atom is -0.461 e. The topological polar surface area (TPSA) is 87.9 Å². The molecule has 1 aliphatic rings. The van der Waals surface area contributed by atoms with Crippen molar-refractivity contribution in [1.82, 2.24) is 5.16 Å². The third kappa shape index (κ3) is 5.03. The first kappa shape index (κ1) is 22.2. The minimum atomic E-state index is -5.08. The summed E-state index contributed by atoms with van der Waals surface area (Å²) in [4.78, 5) is 23.2. The normalized spacial score (nSPS) is 23.4. The maximum absolute atomic E-state index is 12.6. The Hall–Kier alpha value is -2.10. The van der Waals surface area contributed by atoms with Gasteiger partial charge in [-0.2, -0.15) is 13.2 Å². The quantitative estimate of drug-likeness (QED) is 0.700. The molecule has 3 atom stereocenters. The highest BCUT2D eigenvalue weighted by molar-refractivity contribution is 5.88. The Morgan fingerprint density at radius 1 is 1.21 bits per heavy atom. The van der Waals surface area contributed by atoms with Crippen LogP contribution in [0.2, 0.25) is 0 Å². The largest absolute Gasteiger partial charge is 0.490 e. The summed E-state index contributed by atoms with van der Waals surface area (Å²) in [5.41, 5.74) is -0.0829. The molecule has 0 radical (unpaired) electrons. The standard InChI is InChI=1S/C18H24F3NO6/c1-6-25-15(23)13-9(2)14(28-22-13)11-7-10(26-16(24)18(19,20)21)8-12(27-11)17(3,4)5/h10-12H,6-8H2,1-5H3/t10-,11+,12-/m1/s1. The zero-order valence-corrected chi connectivity index (χ0v) is 16.4. The van der Waals surface area contributed by atoms with Gasteiger partial charge in [0.1, 0.15) is 12.2 Å². The first-order valence-corrected chi connectivity index (χ1v) is 8.91. The molecule has 158 valence electrons. The van der Waals surface area contributed by atoms with Gasteiger partial charge in [-0.25, -0.2) is 9.59 Å². The number of aromatic nitrogens is 1. The first-order chi connectivity index (χ1) is 12.8. The molecule has 0 unspecified atom stereocenters. The van der Waals surface area contributed by atoms with E-state index in [1.165, 1.54) is 0 Å². The van der Waals surface area contributed by atoms with Gasteiger partial charge in [-0.3, -0.25) is 0 Å². The van der Waals surface area contributed by atoms with Gasteiger partial charge in [-0.05, 0) is 19.3 Å². The number of carbonyl (C=O) groups is 2. The Morgan fingerprint density at radius 3 is 2.39 bits per heavy atom. The molecule has 2 rings (SSSR count). The van der Waals surface area contributed by atoms with Crippen LogP contribution in [0.1, 0.15) is 68.5 Å². The summed E-state index contributed by atoms with van der Waals surface area (Å²) < 4.78 is 58.6. The second-order valence-electron chi connectivity index (χ2n) is 7.72. The lowest BCUT2D eigenvalue weighted by atomic mass is 9.82. The molecule has 0 saturated carbocycles. The summed E-state index contributed by atoms with van der Waals surface area (Å²) in [5.74, 6) is -2.71. The van der Waals surface area contributed by atoms with Crippen LogP contribution in [0.15, 0.2) is 4.52 Å². The lowest BCUT2D eigenvalue weighted by Gasteiger charge is -2.40. The van der Waals surface area contributed by atoms with E-state index < -0.39 is 41.8 Å². The van der Waals surface area contributed by atoms with E-state index in [-0.39, 0.29) is 30.9 Å². The van der Waals surface area contributed by atoms with E-state index in [0.29, 0.717) is 5.56 Å². The fraction of sp³-hybridized carbons (Fsp3) is 0.722. The molecule has 7 nitrogen and oxygen atoms in total. The van der Waals surface area contributed by atoms with Crippen LogP contribution in [0.5, 0.6) is 0 Å². The van der Waals surface area contributed by atoms with Crippen molar-refractivity contribution < 1.29 is 41.5 Å². The zero-order valence-electron chi connectivity index (χ0n) is 16.4. The van der Waals surface area contributed by atoms with Gasteiger partial charge < -0.3 is 18.7 Å². The fourth-order valence-electron chi connectivity index (χ4n) is 2.96. The van der Waals surface area contributed by atoms with Crippen molar-refractivity contribution in [3.8, 4) is 0 Å². The van der Waals surface area contributed by atoms with Crippen molar-refractivity contribution in [1.29, 1.82) is 0 Å². The van der Waals surface area contributed by atoms with E-state index in [0.717, 1.165) is 0 Å². The van der Waals surface area contributed by atoms with Gasteiger partial charge in [0.05, 0.1) is 12.7 Å². The number of hydrogen-bond donors (Lipinski definition) is 0. The second kappa shape index (κ2) is 8.10. The van der Waals surface area contributed by atoms with Gasteiger partial charge in [0.2, 0.25) is 0 Å². The van der Waals surface area contributed by atoms with Crippen LogP contribution in [0.4, 0.5) is 13.2 Å². The van der Waals surface area contributed by atoms with E-state index >= 15 is 0 Å². The van der Waals surface area contributed by atoms with Gasteiger partial charge in [-0.1, -0.05) is 25.9 Å². The van der Waals surface area contributed by atoms with Crippen molar-refractivity contribution in [2.45, 2.75) is 71.9 Å². The molecular weight excluding hydrogens is 383 g/mol. The molecule has 1 fully saturated rings. The van der Waals surface area contributed by atoms with Crippen molar-refractivity contribution in [2.75, 3.05) is 6.61 Å². The van der Waals surface area contributed by atoms with Crippen molar-refractivity contribution in [2.24, 2.45) is 5.41 Å². The van der Waals surface area contributed by atoms with Crippen LogP contribution in [-0.4, -0.2) is 42.1 Å². The SMILES string of the molecule is CCOC(=O)c1noc([C@@H]2C[C@@H](OC(=O)C(F)(F)F)C[C@H](C(C)(C)C)O2)c1C. The molecule has 0 aromatic carbocycles. The average Bonchev–Trinajstić information content (AvgIpc) is 2.94. The van der Waals surface area contributed by atoms with Gasteiger partial charge in [-0.15, -0.1) is 0 Å². The zero-order chi connectivity index (χ0) is 21.3. The smallest absolute Gasteiger partial charge is 0.461 e.